The summed E-state index contributed by atoms with van der Waals surface area (Å²) in [6.07, 6.45) is 15.4. The molecule has 328 valence electrons. The topological polar surface area (TPSA) is 132 Å². The Morgan fingerprint density at radius 2 is 1.63 bits per heavy atom. The number of hydrogen-bond donors (Lipinski definition) is 3. The van der Waals surface area contributed by atoms with Crippen LogP contribution in [0.4, 0.5) is 0 Å². The van der Waals surface area contributed by atoms with Crippen LogP contribution in [0.25, 0.3) is 0 Å². The number of nitrogens with one attached hydrogen (secondary N) is 2. The molecule has 3 N–H and O–H groups in total. The molecule has 11 heteroatoms. The number of ether oxygens (including phenoxy) is 3. The van der Waals surface area contributed by atoms with Gasteiger partial charge in [0.2, 0.25) is 11.8 Å². The molecule has 0 aliphatic carbocycles. The third-order valence-electron chi connectivity index (χ3n) is 13.4. The molecule has 0 aromatic carbocycles. The molecule has 1 spiro atoms. The number of carbonyl (C=O) groups excluding carboxylic acids is 3. The first-order valence-electron chi connectivity index (χ1n) is 22.4. The summed E-state index contributed by atoms with van der Waals surface area (Å²) in [5.74, 6) is -0.138. The van der Waals surface area contributed by atoms with Crippen LogP contribution in [0.2, 0.25) is 18.1 Å². The highest BCUT2D eigenvalue weighted by molar-refractivity contribution is 6.74. The molecule has 3 heterocycles. The van der Waals surface area contributed by atoms with Gasteiger partial charge in [0.15, 0.2) is 19.9 Å². The summed E-state index contributed by atoms with van der Waals surface area (Å²) in [4.78, 5) is 39.2. The van der Waals surface area contributed by atoms with Crippen LogP contribution in [0, 0.1) is 23.7 Å². The van der Waals surface area contributed by atoms with Crippen molar-refractivity contribution >= 4 is 25.9 Å². The second-order valence-electron chi connectivity index (χ2n) is 19.5. The lowest BCUT2D eigenvalue weighted by Gasteiger charge is -2.48. The first kappa shape index (κ1) is 49.5. The number of carbonyl (C=O) groups is 3. The molecular formula is C46H82N2O8Si. The Bertz CT molecular complexity index is 1340. The Kier molecular flexibility index (Phi) is 19.6. The van der Waals surface area contributed by atoms with Crippen LogP contribution >= 0.6 is 0 Å². The zero-order chi connectivity index (χ0) is 42.6. The Balaban J connectivity index is 1.53. The molecule has 2 amide bonds. The lowest BCUT2D eigenvalue weighted by molar-refractivity contribution is -0.324. The lowest BCUT2D eigenvalue weighted by atomic mass is 9.85. The van der Waals surface area contributed by atoms with Gasteiger partial charge >= 0.3 is 0 Å². The van der Waals surface area contributed by atoms with E-state index in [4.69, 9.17) is 18.6 Å². The number of aliphatic hydroxyl groups is 1. The fourth-order valence-electron chi connectivity index (χ4n) is 8.19. The van der Waals surface area contributed by atoms with Crippen LogP contribution < -0.4 is 10.6 Å². The van der Waals surface area contributed by atoms with Crippen LogP contribution in [-0.4, -0.2) is 86.5 Å². The zero-order valence-corrected chi connectivity index (χ0v) is 38.9. The molecule has 3 saturated heterocycles. The van der Waals surface area contributed by atoms with Gasteiger partial charge in [0, 0.05) is 32.4 Å². The number of aliphatic hydroxyl groups excluding tert-OH is 1. The predicted molar refractivity (Wildman–Crippen MR) is 231 cm³/mol. The summed E-state index contributed by atoms with van der Waals surface area (Å²) < 4.78 is 26.6. The van der Waals surface area contributed by atoms with E-state index in [1.54, 1.807) is 12.2 Å². The number of allylic oxidation sites excluding steroid dienone is 3. The van der Waals surface area contributed by atoms with Gasteiger partial charge < -0.3 is 34.4 Å². The van der Waals surface area contributed by atoms with Crippen molar-refractivity contribution in [2.45, 2.75) is 213 Å². The summed E-state index contributed by atoms with van der Waals surface area (Å²) in [6.45, 7) is 25.8. The maximum Gasteiger partial charge on any atom is 0.225 e. The first-order valence-corrected chi connectivity index (χ1v) is 25.3. The third-order valence-corrected chi connectivity index (χ3v) is 17.9. The molecule has 3 aliphatic rings. The molecule has 3 fully saturated rings. The SMILES string of the molecule is C/C=C/C(=O)C[C@@H]1CC[C@@H](C)[C@H](CC(=O)NC[C@@H](O[Si](C)(C)C(C)(C)C)[C@@H](C)C(=O)NCCC[C@H]2O[C@@]3(CCC[C@@H](CC[C@H](C)/C=C(\C)[C@H](C)O)O3)CC[C@@H]2C)O1. The van der Waals surface area contributed by atoms with Gasteiger partial charge in [-0.15, -0.1) is 0 Å². The molecular weight excluding hydrogens is 737 g/mol. The van der Waals surface area contributed by atoms with E-state index in [0.29, 0.717) is 24.8 Å². The van der Waals surface area contributed by atoms with Crippen LogP contribution in [0.5, 0.6) is 0 Å². The molecule has 0 bridgehead atoms. The Morgan fingerprint density at radius 3 is 2.30 bits per heavy atom. The molecule has 0 radical (unpaired) electrons. The largest absolute Gasteiger partial charge is 0.411 e. The van der Waals surface area contributed by atoms with Crippen LogP contribution in [0.1, 0.15) is 153 Å². The average molecular weight is 819 g/mol. The van der Waals surface area contributed by atoms with Crippen molar-refractivity contribution in [3.05, 3.63) is 23.8 Å². The van der Waals surface area contributed by atoms with Gasteiger partial charge in [-0.25, -0.2) is 0 Å². The molecule has 3 aliphatic heterocycles. The Morgan fingerprint density at radius 1 is 0.930 bits per heavy atom. The van der Waals surface area contributed by atoms with Gasteiger partial charge in [-0.3, -0.25) is 14.4 Å². The van der Waals surface area contributed by atoms with E-state index in [2.05, 4.69) is 71.3 Å². The highest BCUT2D eigenvalue weighted by atomic mass is 28.4. The fourth-order valence-corrected chi connectivity index (χ4v) is 9.59. The van der Waals surface area contributed by atoms with Gasteiger partial charge in [0.25, 0.3) is 0 Å². The molecule has 57 heavy (non-hydrogen) atoms. The molecule has 0 saturated carbocycles. The molecule has 0 aromatic rings. The van der Waals surface area contributed by atoms with Crippen LogP contribution in [0.15, 0.2) is 23.8 Å². The summed E-state index contributed by atoms with van der Waals surface area (Å²) in [6, 6.07) is 0. The van der Waals surface area contributed by atoms with Crippen molar-refractivity contribution in [2.75, 3.05) is 13.1 Å². The van der Waals surface area contributed by atoms with Gasteiger partial charge in [0.1, 0.15) is 0 Å². The molecule has 0 unspecified atom stereocenters. The normalized spacial score (nSPS) is 29.8. The third kappa shape index (κ3) is 15.9. The summed E-state index contributed by atoms with van der Waals surface area (Å²) >= 11 is 0. The van der Waals surface area contributed by atoms with E-state index in [-0.39, 0.29) is 65.9 Å². The quantitative estimate of drug-likeness (QED) is 0.0481. The maximum absolute atomic E-state index is 13.7. The Labute approximate surface area is 347 Å². The van der Waals surface area contributed by atoms with Crippen LogP contribution in [0.3, 0.4) is 0 Å². The fraction of sp³-hybridized carbons (Fsp3) is 0.848. The minimum absolute atomic E-state index is 0.0432. The van der Waals surface area contributed by atoms with E-state index >= 15 is 0 Å². The lowest BCUT2D eigenvalue weighted by Crippen LogP contribution is -2.52. The van der Waals surface area contributed by atoms with Crippen molar-refractivity contribution in [2.24, 2.45) is 23.7 Å². The standard InChI is InChI=1S/C46H82N2O8Si/c1-13-16-37(50)28-39-22-20-32(3)41(53-39)29-43(51)48-30-42(56-57(11,12)45(8,9)10)35(6)44(52)47-26-15-18-40-33(4)23-25-46(55-40)24-14-17-38(54-46)21-19-31(2)27-34(5)36(7)49/h13,16,27,31-33,35-36,38-42,49H,14-15,17-26,28-30H2,1-12H3,(H,47,52)(H,48,51)/b16-13+,34-27+/t31-,32+,33-,35+,36-,38-,39-,40+,41-,42+,46-/m0/s1. The second kappa shape index (κ2) is 22.6. The zero-order valence-electron chi connectivity index (χ0n) is 37.9. The van der Waals surface area contributed by atoms with Crippen molar-refractivity contribution in [1.82, 2.24) is 10.6 Å². The smallest absolute Gasteiger partial charge is 0.225 e. The summed E-state index contributed by atoms with van der Waals surface area (Å²) in [7, 11) is -2.28. The van der Waals surface area contributed by atoms with Gasteiger partial charge in [-0.1, -0.05) is 60.6 Å². The molecule has 0 aromatic heterocycles. The summed E-state index contributed by atoms with van der Waals surface area (Å²) in [5, 5.41) is 16.1. The number of hydrogen-bond acceptors (Lipinski definition) is 8. The predicted octanol–water partition coefficient (Wildman–Crippen LogP) is 8.96. The van der Waals surface area contributed by atoms with E-state index in [0.717, 1.165) is 76.2 Å². The number of amides is 2. The van der Waals surface area contributed by atoms with Gasteiger partial charge in [-0.05, 0) is 126 Å². The second-order valence-corrected chi connectivity index (χ2v) is 24.3. The minimum Gasteiger partial charge on any atom is -0.411 e. The molecule has 3 rings (SSSR count). The van der Waals surface area contributed by atoms with Crippen molar-refractivity contribution < 1.29 is 38.1 Å². The minimum atomic E-state index is -2.28. The van der Waals surface area contributed by atoms with Crippen molar-refractivity contribution in [3.8, 4) is 0 Å². The molecule has 11 atom stereocenters. The van der Waals surface area contributed by atoms with E-state index in [1.165, 1.54) is 0 Å². The average Bonchev–Trinajstić information content (AvgIpc) is 3.13. The van der Waals surface area contributed by atoms with E-state index in [1.807, 2.05) is 27.7 Å². The first-order chi connectivity index (χ1) is 26.6. The monoisotopic (exact) mass is 819 g/mol. The van der Waals surface area contributed by atoms with Gasteiger partial charge in [0.05, 0.1) is 49.0 Å². The molecule has 10 nitrogen and oxygen atoms in total. The number of rotatable bonds is 20. The highest BCUT2D eigenvalue weighted by Crippen LogP contribution is 2.43. The maximum atomic E-state index is 13.7. The van der Waals surface area contributed by atoms with Crippen LogP contribution in [-0.2, 0) is 33.0 Å². The van der Waals surface area contributed by atoms with Crippen molar-refractivity contribution in [1.29, 1.82) is 0 Å². The van der Waals surface area contributed by atoms with Crippen molar-refractivity contribution in [3.63, 3.8) is 0 Å². The Hall–Kier alpha value is -1.89. The van der Waals surface area contributed by atoms with E-state index in [9.17, 15) is 19.5 Å². The number of ketones is 1. The van der Waals surface area contributed by atoms with E-state index < -0.39 is 32.2 Å². The van der Waals surface area contributed by atoms with Gasteiger partial charge in [-0.2, -0.15) is 0 Å². The summed E-state index contributed by atoms with van der Waals surface area (Å²) in [5.41, 5.74) is 1.02. The highest BCUT2D eigenvalue weighted by Gasteiger charge is 2.45.